The molecule has 4 nitrogen and oxygen atoms in total. The van der Waals surface area contributed by atoms with E-state index in [1.165, 1.54) is 31.4 Å². The van der Waals surface area contributed by atoms with E-state index in [0.717, 1.165) is 24.2 Å². The lowest BCUT2D eigenvalue weighted by Gasteiger charge is -2.34. The highest BCUT2D eigenvalue weighted by molar-refractivity contribution is 5.89. The summed E-state index contributed by atoms with van der Waals surface area (Å²) in [6.07, 6.45) is 6.52. The van der Waals surface area contributed by atoms with Gasteiger partial charge in [0.1, 0.15) is 0 Å². The van der Waals surface area contributed by atoms with Crippen LogP contribution in [0.5, 0.6) is 0 Å². The molecule has 3 saturated carbocycles. The predicted octanol–water partition coefficient (Wildman–Crippen LogP) is 1.47. The van der Waals surface area contributed by atoms with Crippen LogP contribution in [-0.2, 0) is 0 Å². The van der Waals surface area contributed by atoms with E-state index in [2.05, 4.69) is 10.5 Å². The van der Waals surface area contributed by atoms with Crippen LogP contribution in [-0.4, -0.2) is 11.7 Å². The minimum atomic E-state index is -0.546. The summed E-state index contributed by atoms with van der Waals surface area (Å²) in [5.41, 5.74) is 8.63. The zero-order valence-electron chi connectivity index (χ0n) is 8.78. The van der Waals surface area contributed by atoms with Crippen LogP contribution in [0.3, 0.4) is 0 Å². The molecule has 4 heteroatoms. The molecule has 15 heavy (non-hydrogen) atoms. The molecule has 0 spiro atoms. The Hall–Kier alpha value is -1.06. The van der Waals surface area contributed by atoms with Gasteiger partial charge in [0.2, 0.25) is 0 Å². The Morgan fingerprint density at radius 3 is 2.87 bits per heavy atom. The highest BCUT2D eigenvalue weighted by atomic mass is 16.2. The summed E-state index contributed by atoms with van der Waals surface area (Å²) in [7, 11) is 0. The summed E-state index contributed by atoms with van der Waals surface area (Å²) in [4.78, 5) is 10.6. The lowest BCUT2D eigenvalue weighted by Crippen LogP contribution is -2.33. The summed E-state index contributed by atoms with van der Waals surface area (Å²) in [6, 6.07) is -0.546. The van der Waals surface area contributed by atoms with Crippen LogP contribution in [0, 0.1) is 23.7 Å². The second kappa shape index (κ2) is 3.22. The molecule has 3 fully saturated rings. The molecule has 3 N–H and O–H groups in total. The molecule has 4 atom stereocenters. The number of hydrazone groups is 1. The molecule has 3 bridgehead atoms. The molecule has 3 aliphatic carbocycles. The molecule has 2 amide bonds. The van der Waals surface area contributed by atoms with Gasteiger partial charge in [0.25, 0.3) is 0 Å². The van der Waals surface area contributed by atoms with Gasteiger partial charge in [-0.3, -0.25) is 0 Å². The number of nitrogens with zero attached hydrogens (tertiary/aromatic N) is 1. The largest absolute Gasteiger partial charge is 0.350 e. The smallest absolute Gasteiger partial charge is 0.332 e. The molecule has 0 aromatic carbocycles. The number of primary amides is 1. The Morgan fingerprint density at radius 2 is 2.07 bits per heavy atom. The number of urea groups is 1. The maximum atomic E-state index is 10.6. The van der Waals surface area contributed by atoms with Crippen LogP contribution in [0.15, 0.2) is 5.10 Å². The standard InChI is InChI=1S/C11H17N3O/c12-11(15)14-13-10-5-7-1-6-2-8(3-7)9(10)4-6/h6-9H,1-5H2,(H3,12,14,15)/b13-10-/t6-,7+,8+,9+/m0/s1. The van der Waals surface area contributed by atoms with Crippen molar-refractivity contribution in [2.45, 2.75) is 32.1 Å². The molecule has 0 aromatic rings. The molecular weight excluding hydrogens is 190 g/mol. The first kappa shape index (κ1) is 9.19. The Kier molecular flexibility index (Phi) is 1.97. The van der Waals surface area contributed by atoms with Gasteiger partial charge in [-0.25, -0.2) is 10.2 Å². The van der Waals surface area contributed by atoms with E-state index in [1.807, 2.05) is 0 Å². The average Bonchev–Trinajstić information content (AvgIpc) is 2.40. The summed E-state index contributed by atoms with van der Waals surface area (Å²) in [6.45, 7) is 0. The summed E-state index contributed by atoms with van der Waals surface area (Å²) in [5.74, 6) is 3.23. The first-order valence-corrected chi connectivity index (χ1v) is 5.84. The molecular formula is C11H17N3O. The Bertz CT molecular complexity index is 324. The zero-order chi connectivity index (χ0) is 10.4. The van der Waals surface area contributed by atoms with Crippen molar-refractivity contribution in [1.82, 2.24) is 5.43 Å². The van der Waals surface area contributed by atoms with Gasteiger partial charge in [0.15, 0.2) is 0 Å². The monoisotopic (exact) mass is 207 g/mol. The summed E-state index contributed by atoms with van der Waals surface area (Å²) >= 11 is 0. The summed E-state index contributed by atoms with van der Waals surface area (Å²) in [5, 5.41) is 4.19. The molecule has 82 valence electrons. The fourth-order valence-corrected chi connectivity index (χ4v) is 3.97. The van der Waals surface area contributed by atoms with E-state index in [0.29, 0.717) is 5.92 Å². The first-order chi connectivity index (χ1) is 7.22. The van der Waals surface area contributed by atoms with Crippen molar-refractivity contribution >= 4 is 11.7 Å². The van der Waals surface area contributed by atoms with Gasteiger partial charge >= 0.3 is 6.03 Å². The fourth-order valence-electron chi connectivity index (χ4n) is 3.97. The van der Waals surface area contributed by atoms with E-state index in [-0.39, 0.29) is 0 Å². The molecule has 0 heterocycles. The molecule has 0 radical (unpaired) electrons. The second-order valence-electron chi connectivity index (χ2n) is 5.32. The molecule has 0 aromatic heterocycles. The highest BCUT2D eigenvalue weighted by Gasteiger charge is 2.47. The van der Waals surface area contributed by atoms with Gasteiger partial charge < -0.3 is 5.73 Å². The van der Waals surface area contributed by atoms with Gasteiger partial charge in [-0.2, -0.15) is 5.10 Å². The number of hydrogen-bond acceptors (Lipinski definition) is 2. The molecule has 0 unspecified atom stereocenters. The fraction of sp³-hybridized carbons (Fsp3) is 0.818. The van der Waals surface area contributed by atoms with Crippen molar-refractivity contribution in [3.8, 4) is 0 Å². The lowest BCUT2D eigenvalue weighted by molar-refractivity contribution is 0.240. The third-order valence-electron chi connectivity index (χ3n) is 4.33. The third-order valence-corrected chi connectivity index (χ3v) is 4.33. The Labute approximate surface area is 89.3 Å². The number of amides is 2. The minimum Gasteiger partial charge on any atom is -0.350 e. The molecule has 3 rings (SSSR count). The number of nitrogens with one attached hydrogen (secondary N) is 1. The van der Waals surface area contributed by atoms with E-state index < -0.39 is 6.03 Å². The number of fused-ring (bicyclic) bond motifs is 2. The highest BCUT2D eigenvalue weighted by Crippen LogP contribution is 2.53. The van der Waals surface area contributed by atoms with Gasteiger partial charge in [0, 0.05) is 11.6 Å². The topological polar surface area (TPSA) is 67.5 Å². The van der Waals surface area contributed by atoms with Crippen LogP contribution in [0.25, 0.3) is 0 Å². The van der Waals surface area contributed by atoms with E-state index in [9.17, 15) is 4.79 Å². The van der Waals surface area contributed by atoms with Crippen LogP contribution in [0.1, 0.15) is 32.1 Å². The van der Waals surface area contributed by atoms with Gasteiger partial charge in [-0.05, 0) is 49.9 Å². The van der Waals surface area contributed by atoms with Crippen LogP contribution in [0.4, 0.5) is 4.79 Å². The van der Waals surface area contributed by atoms with Gasteiger partial charge in [0.05, 0.1) is 0 Å². The van der Waals surface area contributed by atoms with Crippen molar-refractivity contribution in [2.75, 3.05) is 0 Å². The Morgan fingerprint density at radius 1 is 1.27 bits per heavy atom. The number of hydrogen-bond donors (Lipinski definition) is 2. The van der Waals surface area contributed by atoms with Crippen LogP contribution in [0.2, 0.25) is 0 Å². The second-order valence-corrected chi connectivity index (χ2v) is 5.32. The predicted molar refractivity (Wildman–Crippen MR) is 57.2 cm³/mol. The molecule has 3 aliphatic rings. The maximum Gasteiger partial charge on any atom is 0.332 e. The van der Waals surface area contributed by atoms with Crippen molar-refractivity contribution in [2.24, 2.45) is 34.5 Å². The van der Waals surface area contributed by atoms with Gasteiger partial charge in [-0.15, -0.1) is 0 Å². The molecule has 0 aliphatic heterocycles. The third kappa shape index (κ3) is 1.52. The van der Waals surface area contributed by atoms with Crippen LogP contribution >= 0.6 is 0 Å². The Balaban J connectivity index is 1.81. The van der Waals surface area contributed by atoms with Crippen LogP contribution < -0.4 is 11.2 Å². The normalized spacial score (nSPS) is 44.7. The van der Waals surface area contributed by atoms with Crippen molar-refractivity contribution in [1.29, 1.82) is 0 Å². The SMILES string of the molecule is NC(=O)N/N=C1/C[C@@H]2C[C@H]3C[C@H](C2)[C@H]1C3. The number of nitrogens with two attached hydrogens (primary N) is 1. The average molecular weight is 207 g/mol. The lowest BCUT2D eigenvalue weighted by atomic mass is 9.71. The zero-order valence-corrected chi connectivity index (χ0v) is 8.78. The van der Waals surface area contributed by atoms with Crippen molar-refractivity contribution in [3.05, 3.63) is 0 Å². The summed E-state index contributed by atoms with van der Waals surface area (Å²) < 4.78 is 0. The van der Waals surface area contributed by atoms with E-state index >= 15 is 0 Å². The van der Waals surface area contributed by atoms with Gasteiger partial charge in [-0.1, -0.05) is 0 Å². The number of carbonyl (C=O) groups excluding carboxylic acids is 1. The quantitative estimate of drug-likeness (QED) is 0.628. The van der Waals surface area contributed by atoms with Crippen molar-refractivity contribution < 1.29 is 4.79 Å². The van der Waals surface area contributed by atoms with Crippen molar-refractivity contribution in [3.63, 3.8) is 0 Å². The maximum absolute atomic E-state index is 10.6. The first-order valence-electron chi connectivity index (χ1n) is 5.84. The minimum absolute atomic E-state index is 0.546. The molecule has 0 saturated heterocycles. The van der Waals surface area contributed by atoms with E-state index in [4.69, 9.17) is 5.73 Å². The van der Waals surface area contributed by atoms with E-state index in [1.54, 1.807) is 0 Å². The number of carbonyl (C=O) groups is 1. The number of rotatable bonds is 1.